The summed E-state index contributed by atoms with van der Waals surface area (Å²) in [7, 11) is 0. The maximum atomic E-state index is 5.16. The van der Waals surface area contributed by atoms with E-state index in [9.17, 15) is 0 Å². The maximum Gasteiger partial charge on any atom is 0.179 e. The molecule has 0 amide bonds. The standard InChI is InChI=1S/C12H7N5O/c1-3-8(9-7-13-18-11(9)5-1)10-4-2-6-12-14-15-16-17(10)12/h1-7H. The molecule has 0 unspecified atom stereocenters. The molecular weight excluding hydrogens is 230 g/mol. The van der Waals surface area contributed by atoms with E-state index in [2.05, 4.69) is 20.7 Å². The van der Waals surface area contributed by atoms with Crippen LogP contribution in [0.2, 0.25) is 0 Å². The molecule has 0 fully saturated rings. The first-order valence-corrected chi connectivity index (χ1v) is 5.44. The Bertz CT molecular complexity index is 776. The Hall–Kier alpha value is -2.76. The van der Waals surface area contributed by atoms with Gasteiger partial charge in [0.25, 0.3) is 0 Å². The number of rotatable bonds is 1. The molecule has 0 radical (unpaired) electrons. The van der Waals surface area contributed by atoms with Crippen molar-refractivity contribution in [2.45, 2.75) is 0 Å². The fourth-order valence-electron chi connectivity index (χ4n) is 2.09. The molecule has 0 aliphatic heterocycles. The molecule has 0 aliphatic carbocycles. The number of hydrogen-bond acceptors (Lipinski definition) is 5. The molecule has 4 rings (SSSR count). The fraction of sp³-hybridized carbons (Fsp3) is 0. The van der Waals surface area contributed by atoms with Gasteiger partial charge in [-0.15, -0.1) is 5.10 Å². The Balaban J connectivity index is 2.13. The van der Waals surface area contributed by atoms with Crippen molar-refractivity contribution in [3.05, 3.63) is 42.6 Å². The smallest absolute Gasteiger partial charge is 0.179 e. The molecule has 0 aliphatic rings. The first-order chi connectivity index (χ1) is 8.93. The number of nitrogens with zero attached hydrogens (tertiary/aromatic N) is 5. The molecule has 86 valence electrons. The molecule has 3 heterocycles. The summed E-state index contributed by atoms with van der Waals surface area (Å²) in [5.41, 5.74) is 3.36. The summed E-state index contributed by atoms with van der Waals surface area (Å²) in [5, 5.41) is 16.4. The van der Waals surface area contributed by atoms with Crippen molar-refractivity contribution in [1.29, 1.82) is 0 Å². The van der Waals surface area contributed by atoms with Crippen molar-refractivity contribution in [2.24, 2.45) is 0 Å². The molecule has 0 spiro atoms. The lowest BCUT2D eigenvalue weighted by molar-refractivity contribution is 0.456. The van der Waals surface area contributed by atoms with Gasteiger partial charge in [0.2, 0.25) is 0 Å². The van der Waals surface area contributed by atoms with Crippen LogP contribution in [-0.2, 0) is 0 Å². The third-order valence-electron chi connectivity index (χ3n) is 2.90. The second-order valence-electron chi connectivity index (χ2n) is 3.90. The number of tetrazole rings is 1. The van der Waals surface area contributed by atoms with Crippen molar-refractivity contribution < 1.29 is 4.52 Å². The molecule has 0 saturated heterocycles. The van der Waals surface area contributed by atoms with Crippen LogP contribution in [0.15, 0.2) is 47.1 Å². The number of fused-ring (bicyclic) bond motifs is 2. The number of hydrogen-bond donors (Lipinski definition) is 0. The molecule has 6 nitrogen and oxygen atoms in total. The Morgan fingerprint density at radius 2 is 2.00 bits per heavy atom. The minimum atomic E-state index is 0.709. The van der Waals surface area contributed by atoms with Crippen LogP contribution >= 0.6 is 0 Å². The summed E-state index contributed by atoms with van der Waals surface area (Å²) in [6.07, 6.45) is 1.70. The van der Waals surface area contributed by atoms with E-state index in [0.29, 0.717) is 5.65 Å². The first kappa shape index (κ1) is 9.29. The summed E-state index contributed by atoms with van der Waals surface area (Å²) in [6, 6.07) is 11.5. The zero-order valence-electron chi connectivity index (χ0n) is 9.19. The van der Waals surface area contributed by atoms with E-state index in [1.165, 1.54) is 0 Å². The van der Waals surface area contributed by atoms with Gasteiger partial charge in [-0.2, -0.15) is 4.52 Å². The van der Waals surface area contributed by atoms with Gasteiger partial charge in [-0.3, -0.25) is 0 Å². The SMILES string of the molecule is c1cc(-c2cccc3nnnn23)c2cnoc2c1. The highest BCUT2D eigenvalue weighted by molar-refractivity contribution is 5.92. The summed E-state index contributed by atoms with van der Waals surface area (Å²) in [5.74, 6) is 0. The number of benzene rings is 1. The van der Waals surface area contributed by atoms with Crippen LogP contribution in [0.5, 0.6) is 0 Å². The van der Waals surface area contributed by atoms with Gasteiger partial charge in [-0.05, 0) is 28.6 Å². The Kier molecular flexibility index (Phi) is 1.74. The highest BCUT2D eigenvalue weighted by Gasteiger charge is 2.10. The van der Waals surface area contributed by atoms with E-state index in [4.69, 9.17) is 4.52 Å². The van der Waals surface area contributed by atoms with Gasteiger partial charge >= 0.3 is 0 Å². The van der Waals surface area contributed by atoms with Gasteiger partial charge in [0.1, 0.15) is 0 Å². The Labute approximate surface area is 101 Å². The molecule has 0 atom stereocenters. The van der Waals surface area contributed by atoms with E-state index >= 15 is 0 Å². The van der Waals surface area contributed by atoms with E-state index in [1.807, 2.05) is 36.4 Å². The van der Waals surface area contributed by atoms with Crippen LogP contribution in [0.1, 0.15) is 0 Å². The summed E-state index contributed by atoms with van der Waals surface area (Å²) in [4.78, 5) is 0. The summed E-state index contributed by atoms with van der Waals surface area (Å²) in [6.45, 7) is 0. The number of pyridine rings is 1. The molecule has 6 heteroatoms. The molecule has 0 saturated carbocycles. The minimum absolute atomic E-state index is 0.709. The average molecular weight is 237 g/mol. The van der Waals surface area contributed by atoms with Gasteiger partial charge in [0, 0.05) is 5.56 Å². The third kappa shape index (κ3) is 1.17. The van der Waals surface area contributed by atoms with Crippen LogP contribution in [-0.4, -0.2) is 25.2 Å². The van der Waals surface area contributed by atoms with Gasteiger partial charge < -0.3 is 4.52 Å². The number of aromatic nitrogens is 5. The first-order valence-electron chi connectivity index (χ1n) is 5.44. The second kappa shape index (κ2) is 3.36. The highest BCUT2D eigenvalue weighted by Crippen LogP contribution is 2.28. The van der Waals surface area contributed by atoms with Crippen molar-refractivity contribution in [2.75, 3.05) is 0 Å². The normalized spacial score (nSPS) is 11.3. The van der Waals surface area contributed by atoms with E-state index in [1.54, 1.807) is 10.7 Å². The predicted octanol–water partition coefficient (Wildman–Crippen LogP) is 1.93. The molecule has 0 N–H and O–H groups in total. The largest absolute Gasteiger partial charge is 0.356 e. The van der Waals surface area contributed by atoms with E-state index in [-0.39, 0.29) is 0 Å². The van der Waals surface area contributed by atoms with Gasteiger partial charge in [0.15, 0.2) is 11.2 Å². The summed E-state index contributed by atoms with van der Waals surface area (Å²) >= 11 is 0. The van der Waals surface area contributed by atoms with Crippen LogP contribution in [0.4, 0.5) is 0 Å². The fourth-order valence-corrected chi connectivity index (χ4v) is 2.09. The molecule has 3 aromatic heterocycles. The quantitative estimate of drug-likeness (QED) is 0.506. The van der Waals surface area contributed by atoms with Crippen LogP contribution < -0.4 is 0 Å². The van der Waals surface area contributed by atoms with Crippen molar-refractivity contribution >= 4 is 16.6 Å². The molecule has 4 aromatic rings. The van der Waals surface area contributed by atoms with Crippen LogP contribution in [0.3, 0.4) is 0 Å². The summed E-state index contributed by atoms with van der Waals surface area (Å²) < 4.78 is 6.86. The zero-order valence-corrected chi connectivity index (χ0v) is 9.19. The molecule has 0 bridgehead atoms. The van der Waals surface area contributed by atoms with Crippen LogP contribution in [0, 0.1) is 0 Å². The van der Waals surface area contributed by atoms with Crippen molar-refractivity contribution in [3.8, 4) is 11.3 Å². The Morgan fingerprint density at radius 3 is 3.00 bits per heavy atom. The zero-order chi connectivity index (χ0) is 11.9. The second-order valence-corrected chi connectivity index (χ2v) is 3.90. The van der Waals surface area contributed by atoms with Crippen molar-refractivity contribution in [3.63, 3.8) is 0 Å². The maximum absolute atomic E-state index is 5.16. The van der Waals surface area contributed by atoms with E-state index in [0.717, 1.165) is 22.2 Å². The van der Waals surface area contributed by atoms with Crippen LogP contribution in [0.25, 0.3) is 27.9 Å². The predicted molar refractivity (Wildman–Crippen MR) is 63.8 cm³/mol. The third-order valence-corrected chi connectivity index (χ3v) is 2.90. The average Bonchev–Trinajstić information content (AvgIpc) is 3.06. The van der Waals surface area contributed by atoms with E-state index < -0.39 is 0 Å². The molecular formula is C12H7N5O. The lowest BCUT2D eigenvalue weighted by Crippen LogP contribution is -1.93. The van der Waals surface area contributed by atoms with Gasteiger partial charge in [-0.1, -0.05) is 23.4 Å². The Morgan fingerprint density at radius 1 is 1.06 bits per heavy atom. The minimum Gasteiger partial charge on any atom is -0.356 e. The molecule has 1 aromatic carbocycles. The van der Waals surface area contributed by atoms with Gasteiger partial charge in [0.05, 0.1) is 17.3 Å². The lowest BCUT2D eigenvalue weighted by Gasteiger charge is -2.03. The topological polar surface area (TPSA) is 69.1 Å². The van der Waals surface area contributed by atoms with Crippen molar-refractivity contribution in [1.82, 2.24) is 25.2 Å². The monoisotopic (exact) mass is 237 g/mol. The highest BCUT2D eigenvalue weighted by atomic mass is 16.5. The van der Waals surface area contributed by atoms with Gasteiger partial charge in [-0.25, -0.2) is 0 Å². The lowest BCUT2D eigenvalue weighted by atomic mass is 10.1. The molecule has 18 heavy (non-hydrogen) atoms.